The van der Waals surface area contributed by atoms with Gasteiger partial charge in [0.1, 0.15) is 13.2 Å². The second kappa shape index (κ2) is 61.3. The second-order valence-corrected chi connectivity index (χ2v) is 18.8. The molecule has 418 valence electrons. The summed E-state index contributed by atoms with van der Waals surface area (Å²) in [6.45, 7) is 6.21. The maximum absolute atomic E-state index is 12.8. The van der Waals surface area contributed by atoms with Gasteiger partial charge in [0.05, 0.1) is 0 Å². The van der Waals surface area contributed by atoms with Crippen molar-refractivity contribution in [1.29, 1.82) is 0 Å². The average Bonchev–Trinajstić information content (AvgIpc) is 3.41. The van der Waals surface area contributed by atoms with Crippen LogP contribution in [0, 0.1) is 0 Å². The van der Waals surface area contributed by atoms with Gasteiger partial charge in [0.25, 0.3) is 0 Å². The molecule has 0 aromatic carbocycles. The predicted molar refractivity (Wildman–Crippen MR) is 325 cm³/mol. The van der Waals surface area contributed by atoms with Gasteiger partial charge in [-0.2, -0.15) is 0 Å². The van der Waals surface area contributed by atoms with Gasteiger partial charge in [-0.25, -0.2) is 0 Å². The van der Waals surface area contributed by atoms with Crippen molar-refractivity contribution in [1.82, 2.24) is 0 Å². The summed E-state index contributed by atoms with van der Waals surface area (Å²) in [4.78, 5) is 38.1. The number of rotatable bonds is 51. The van der Waals surface area contributed by atoms with Gasteiger partial charge in [0, 0.05) is 19.3 Å². The van der Waals surface area contributed by atoms with Gasteiger partial charge >= 0.3 is 17.9 Å². The third-order valence-corrected chi connectivity index (χ3v) is 11.7. The van der Waals surface area contributed by atoms with Crippen molar-refractivity contribution < 1.29 is 28.6 Å². The quantitative estimate of drug-likeness (QED) is 0.0261. The number of hydrogen-bond donors (Lipinski definition) is 0. The first-order valence-corrected chi connectivity index (χ1v) is 29.6. The van der Waals surface area contributed by atoms with Gasteiger partial charge in [0.2, 0.25) is 0 Å². The number of ether oxygens (including phenoxy) is 3. The summed E-state index contributed by atoms with van der Waals surface area (Å²) in [7, 11) is 0. The zero-order chi connectivity index (χ0) is 54.3. The lowest BCUT2D eigenvalue weighted by molar-refractivity contribution is -0.167. The third-order valence-electron chi connectivity index (χ3n) is 11.7. The molecule has 0 fully saturated rings. The van der Waals surface area contributed by atoms with E-state index in [-0.39, 0.29) is 37.5 Å². The standard InChI is InChI=1S/C69H106O6/c1-4-7-10-13-16-19-22-25-26-27-28-29-30-31-32-33-34-35-36-37-38-39-40-41-42-45-47-50-53-56-59-62-68(71)74-65-66(75-69(72)63-60-57-54-51-48-44-24-21-18-15-12-9-6-3)64-73-67(70)61-58-55-52-49-46-43-23-20-17-14-11-8-5-2/h7-12,16-21,25-26,28-29,31-32,34-35,37-38,40-41,43-44,46,48,66H,4-6,13-15,22-24,27,30,33,36,39,42,45,47,49-65H2,1-3H3/b10-7-,11-8-,12-9-,19-16-,20-17-,21-18-,26-25-,29-28-,32-31-,35-34-,38-37-,41-40-,46-43-,48-44-. The molecule has 1 unspecified atom stereocenters. The molecule has 75 heavy (non-hydrogen) atoms. The molecule has 0 aliphatic carbocycles. The molecule has 0 aromatic heterocycles. The third kappa shape index (κ3) is 59.5. The van der Waals surface area contributed by atoms with Crippen molar-refractivity contribution in [2.24, 2.45) is 0 Å². The van der Waals surface area contributed by atoms with E-state index in [0.717, 1.165) is 167 Å². The molecule has 0 saturated carbocycles. The highest BCUT2D eigenvalue weighted by Crippen LogP contribution is 2.12. The minimum Gasteiger partial charge on any atom is -0.462 e. The van der Waals surface area contributed by atoms with Gasteiger partial charge in [0.15, 0.2) is 6.10 Å². The van der Waals surface area contributed by atoms with E-state index in [9.17, 15) is 14.4 Å². The number of esters is 3. The van der Waals surface area contributed by atoms with Gasteiger partial charge < -0.3 is 14.2 Å². The fourth-order valence-corrected chi connectivity index (χ4v) is 7.37. The highest BCUT2D eigenvalue weighted by Gasteiger charge is 2.19. The van der Waals surface area contributed by atoms with E-state index in [0.29, 0.717) is 19.3 Å². The summed E-state index contributed by atoms with van der Waals surface area (Å²) in [6, 6.07) is 0. The summed E-state index contributed by atoms with van der Waals surface area (Å²) in [5.41, 5.74) is 0. The maximum atomic E-state index is 12.8. The number of allylic oxidation sites excluding steroid dienone is 28. The zero-order valence-electron chi connectivity index (χ0n) is 47.7. The monoisotopic (exact) mass is 1030 g/mol. The van der Waals surface area contributed by atoms with Crippen LogP contribution in [0.1, 0.15) is 226 Å². The van der Waals surface area contributed by atoms with Crippen LogP contribution in [0.3, 0.4) is 0 Å². The van der Waals surface area contributed by atoms with Crippen molar-refractivity contribution in [3.05, 3.63) is 170 Å². The lowest BCUT2D eigenvalue weighted by Crippen LogP contribution is -2.30. The number of hydrogen-bond acceptors (Lipinski definition) is 6. The molecular weight excluding hydrogens is 925 g/mol. The molecule has 0 heterocycles. The van der Waals surface area contributed by atoms with Gasteiger partial charge in [-0.1, -0.05) is 229 Å². The molecule has 1 atom stereocenters. The van der Waals surface area contributed by atoms with Crippen LogP contribution in [0.25, 0.3) is 0 Å². The van der Waals surface area contributed by atoms with Gasteiger partial charge in [-0.15, -0.1) is 0 Å². The molecule has 0 spiro atoms. The van der Waals surface area contributed by atoms with Crippen molar-refractivity contribution >= 4 is 17.9 Å². The SMILES string of the molecule is CC/C=C\C/C=C\C/C=C\C/C=C\C/C=C\C/C=C\C/C=C\C/C=C\CCCCCCCCC(=O)OCC(COC(=O)CCCCC/C=C\C/C=C\C/C=C\CC)OC(=O)CCCCC/C=C\C/C=C\C/C=C\CC. The van der Waals surface area contributed by atoms with Crippen molar-refractivity contribution in [3.63, 3.8) is 0 Å². The first kappa shape index (κ1) is 69.8. The molecule has 0 bridgehead atoms. The molecule has 6 nitrogen and oxygen atoms in total. The lowest BCUT2D eigenvalue weighted by Gasteiger charge is -2.18. The molecule has 0 rings (SSSR count). The minimum absolute atomic E-state index is 0.115. The Bertz CT molecular complexity index is 1750. The van der Waals surface area contributed by atoms with E-state index >= 15 is 0 Å². The molecule has 0 N–H and O–H groups in total. The van der Waals surface area contributed by atoms with Crippen LogP contribution in [0.5, 0.6) is 0 Å². The maximum Gasteiger partial charge on any atom is 0.306 e. The lowest BCUT2D eigenvalue weighted by atomic mass is 10.1. The van der Waals surface area contributed by atoms with E-state index in [2.05, 4.69) is 191 Å². The smallest absolute Gasteiger partial charge is 0.306 e. The van der Waals surface area contributed by atoms with E-state index in [4.69, 9.17) is 14.2 Å². The molecule has 0 saturated heterocycles. The molecule has 0 aliphatic heterocycles. The Morgan fingerprint density at radius 3 is 0.760 bits per heavy atom. The van der Waals surface area contributed by atoms with Gasteiger partial charge in [-0.3, -0.25) is 14.4 Å². The van der Waals surface area contributed by atoms with Crippen LogP contribution >= 0.6 is 0 Å². The van der Waals surface area contributed by atoms with Crippen LogP contribution in [0.15, 0.2) is 170 Å². The summed E-state index contributed by atoms with van der Waals surface area (Å²) in [5.74, 6) is -1.000. The average molecular weight is 1030 g/mol. The summed E-state index contributed by atoms with van der Waals surface area (Å²) >= 11 is 0. The molecule has 0 radical (unpaired) electrons. The first-order chi connectivity index (χ1) is 37.0. The number of unbranched alkanes of at least 4 members (excludes halogenated alkanes) is 12. The van der Waals surface area contributed by atoms with Crippen molar-refractivity contribution in [3.8, 4) is 0 Å². The van der Waals surface area contributed by atoms with E-state index < -0.39 is 6.10 Å². The normalized spacial score (nSPS) is 13.4. The van der Waals surface area contributed by atoms with E-state index in [1.54, 1.807) is 0 Å². The fourth-order valence-electron chi connectivity index (χ4n) is 7.37. The van der Waals surface area contributed by atoms with E-state index in [1.165, 1.54) is 12.8 Å². The van der Waals surface area contributed by atoms with Crippen LogP contribution in [0.4, 0.5) is 0 Å². The van der Waals surface area contributed by atoms with Crippen LogP contribution in [-0.2, 0) is 28.6 Å². The predicted octanol–water partition coefficient (Wildman–Crippen LogP) is 20.3. The first-order valence-electron chi connectivity index (χ1n) is 29.6. The van der Waals surface area contributed by atoms with Crippen LogP contribution in [-0.4, -0.2) is 37.2 Å². The Morgan fingerprint density at radius 1 is 0.267 bits per heavy atom. The highest BCUT2D eigenvalue weighted by atomic mass is 16.6. The van der Waals surface area contributed by atoms with Crippen LogP contribution < -0.4 is 0 Å². The number of carbonyl (C=O) groups is 3. The van der Waals surface area contributed by atoms with E-state index in [1.807, 2.05) is 0 Å². The Labute approximate surface area is 460 Å². The van der Waals surface area contributed by atoms with Crippen molar-refractivity contribution in [2.75, 3.05) is 13.2 Å². The molecule has 0 aliphatic rings. The largest absolute Gasteiger partial charge is 0.462 e. The molecule has 0 amide bonds. The Hall–Kier alpha value is -5.23. The minimum atomic E-state index is -0.820. The zero-order valence-corrected chi connectivity index (χ0v) is 47.7. The van der Waals surface area contributed by atoms with Gasteiger partial charge in [-0.05, 0) is 148 Å². The molecule has 6 heteroatoms. The summed E-state index contributed by atoms with van der Waals surface area (Å²) in [6.07, 6.45) is 90.7. The van der Waals surface area contributed by atoms with Crippen LogP contribution in [0.2, 0.25) is 0 Å². The molecular formula is C69H106O6. The highest BCUT2D eigenvalue weighted by molar-refractivity contribution is 5.71. The second-order valence-electron chi connectivity index (χ2n) is 18.8. The fraction of sp³-hybridized carbons (Fsp3) is 0.551. The Kier molecular flexibility index (Phi) is 57.0. The summed E-state index contributed by atoms with van der Waals surface area (Å²) in [5, 5.41) is 0. The van der Waals surface area contributed by atoms with Crippen molar-refractivity contribution in [2.45, 2.75) is 232 Å². The molecule has 0 aromatic rings. The Balaban J connectivity index is 4.36. The Morgan fingerprint density at radius 2 is 0.480 bits per heavy atom. The summed E-state index contributed by atoms with van der Waals surface area (Å²) < 4.78 is 16.8. The number of carbonyl (C=O) groups excluding carboxylic acids is 3. The topological polar surface area (TPSA) is 78.9 Å².